The van der Waals surface area contributed by atoms with Crippen LogP contribution in [0.2, 0.25) is 0 Å². The van der Waals surface area contributed by atoms with Crippen LogP contribution in [-0.2, 0) is 23.1 Å². The van der Waals surface area contributed by atoms with Gasteiger partial charge >= 0.3 is 0 Å². The number of nitrogens with one attached hydrogen (secondary N) is 2. The monoisotopic (exact) mass is 501 g/mol. The molecular formula is C20H28IN3O2S. The highest BCUT2D eigenvalue weighted by Crippen LogP contribution is 2.19. The lowest BCUT2D eigenvalue weighted by atomic mass is 10.1. The van der Waals surface area contributed by atoms with Crippen molar-refractivity contribution in [2.45, 2.75) is 19.2 Å². The minimum absolute atomic E-state index is 0. The third kappa shape index (κ3) is 8.30. The fourth-order valence-electron chi connectivity index (χ4n) is 2.51. The normalized spacial score (nSPS) is 12.0. The van der Waals surface area contributed by atoms with Crippen molar-refractivity contribution >= 4 is 40.7 Å². The summed E-state index contributed by atoms with van der Waals surface area (Å²) in [6.07, 6.45) is 0. The van der Waals surface area contributed by atoms with E-state index in [1.54, 1.807) is 14.2 Å². The van der Waals surface area contributed by atoms with Crippen LogP contribution in [0.4, 0.5) is 0 Å². The van der Waals surface area contributed by atoms with E-state index in [1.807, 2.05) is 49.4 Å². The number of aryl methyl sites for hydroxylation is 1. The molecule has 2 aromatic rings. The average molecular weight is 501 g/mol. The van der Waals surface area contributed by atoms with Gasteiger partial charge < -0.3 is 15.4 Å². The summed E-state index contributed by atoms with van der Waals surface area (Å²) >= 11 is 0. The van der Waals surface area contributed by atoms with Crippen molar-refractivity contribution < 1.29 is 8.95 Å². The number of ether oxygens (including phenoxy) is 1. The molecule has 0 bridgehead atoms. The summed E-state index contributed by atoms with van der Waals surface area (Å²) in [7, 11) is 2.50. The number of benzene rings is 2. The van der Waals surface area contributed by atoms with Crippen LogP contribution in [0.3, 0.4) is 0 Å². The van der Waals surface area contributed by atoms with Gasteiger partial charge in [-0.1, -0.05) is 42.5 Å². The number of methoxy groups -OCH3 is 1. The molecule has 0 aromatic heterocycles. The second kappa shape index (κ2) is 12.7. The average Bonchev–Trinajstić information content (AvgIpc) is 2.66. The van der Waals surface area contributed by atoms with Gasteiger partial charge in [0.15, 0.2) is 5.96 Å². The van der Waals surface area contributed by atoms with Crippen LogP contribution in [0.5, 0.6) is 5.75 Å². The Bertz CT molecular complexity index is 754. The molecule has 0 heterocycles. The van der Waals surface area contributed by atoms with Gasteiger partial charge in [0.05, 0.1) is 7.11 Å². The zero-order valence-electron chi connectivity index (χ0n) is 16.0. The van der Waals surface area contributed by atoms with Crippen LogP contribution in [0, 0.1) is 6.92 Å². The molecule has 2 aromatic carbocycles. The Morgan fingerprint density at radius 2 is 1.89 bits per heavy atom. The molecule has 0 aliphatic heterocycles. The lowest BCUT2D eigenvalue weighted by Gasteiger charge is -2.14. The Labute approximate surface area is 181 Å². The number of halogens is 1. The Balaban J connectivity index is 0.00000364. The fraction of sp³-hybridized carbons (Fsp3) is 0.350. The number of rotatable bonds is 8. The van der Waals surface area contributed by atoms with Crippen LogP contribution in [0.1, 0.15) is 16.7 Å². The molecule has 7 heteroatoms. The van der Waals surface area contributed by atoms with Gasteiger partial charge in [0, 0.05) is 48.0 Å². The number of aliphatic imine (C=N–C) groups is 1. The Morgan fingerprint density at radius 3 is 2.56 bits per heavy atom. The van der Waals surface area contributed by atoms with E-state index in [1.165, 1.54) is 0 Å². The van der Waals surface area contributed by atoms with E-state index in [2.05, 4.69) is 21.7 Å². The Morgan fingerprint density at radius 1 is 1.15 bits per heavy atom. The van der Waals surface area contributed by atoms with Crippen molar-refractivity contribution in [2.75, 3.05) is 26.5 Å². The summed E-state index contributed by atoms with van der Waals surface area (Å²) in [4.78, 5) is 4.21. The number of hydrogen-bond acceptors (Lipinski definition) is 3. The predicted octanol–water partition coefficient (Wildman–Crippen LogP) is 3.24. The van der Waals surface area contributed by atoms with E-state index in [4.69, 9.17) is 4.74 Å². The van der Waals surface area contributed by atoms with E-state index >= 15 is 0 Å². The van der Waals surface area contributed by atoms with E-state index in [0.717, 1.165) is 22.4 Å². The summed E-state index contributed by atoms with van der Waals surface area (Å²) < 4.78 is 17.6. The highest BCUT2D eigenvalue weighted by molar-refractivity contribution is 14.0. The maximum absolute atomic E-state index is 12.2. The molecule has 0 aliphatic carbocycles. The van der Waals surface area contributed by atoms with Crippen molar-refractivity contribution in [1.82, 2.24) is 10.6 Å². The summed E-state index contributed by atoms with van der Waals surface area (Å²) in [5.74, 6) is 2.69. The predicted molar refractivity (Wildman–Crippen MR) is 125 cm³/mol. The summed E-state index contributed by atoms with van der Waals surface area (Å²) in [5.41, 5.74) is 3.32. The lowest BCUT2D eigenvalue weighted by molar-refractivity contribution is 0.408. The topological polar surface area (TPSA) is 62.7 Å². The molecule has 0 amide bonds. The van der Waals surface area contributed by atoms with Crippen LogP contribution in [0.25, 0.3) is 0 Å². The molecule has 0 saturated heterocycles. The molecule has 0 spiro atoms. The number of hydrogen-bond donors (Lipinski definition) is 2. The van der Waals surface area contributed by atoms with Crippen molar-refractivity contribution in [1.29, 1.82) is 0 Å². The Kier molecular flexibility index (Phi) is 11.0. The quantitative estimate of drug-likeness (QED) is 0.331. The van der Waals surface area contributed by atoms with Gasteiger partial charge in [-0.05, 0) is 24.1 Å². The summed E-state index contributed by atoms with van der Waals surface area (Å²) in [6, 6.07) is 16.0. The molecule has 0 aliphatic rings. The van der Waals surface area contributed by atoms with Gasteiger partial charge in [0.2, 0.25) is 0 Å². The number of nitrogens with zero attached hydrogens (tertiary/aromatic N) is 1. The molecule has 148 valence electrons. The van der Waals surface area contributed by atoms with Crippen LogP contribution in [-0.4, -0.2) is 36.6 Å². The fourth-order valence-corrected chi connectivity index (χ4v) is 3.55. The summed E-state index contributed by atoms with van der Waals surface area (Å²) in [6.45, 7) is 3.25. The molecule has 1 atom stereocenters. The van der Waals surface area contributed by atoms with Gasteiger partial charge in [0.25, 0.3) is 0 Å². The number of guanidine groups is 1. The molecule has 2 N–H and O–H groups in total. The molecule has 1 unspecified atom stereocenters. The molecule has 2 rings (SSSR count). The first-order valence-corrected chi connectivity index (χ1v) is 10.1. The molecule has 5 nitrogen and oxygen atoms in total. The first-order chi connectivity index (χ1) is 12.6. The molecule has 0 saturated carbocycles. The highest BCUT2D eigenvalue weighted by Gasteiger charge is 2.06. The van der Waals surface area contributed by atoms with Gasteiger partial charge in [-0.3, -0.25) is 9.20 Å². The van der Waals surface area contributed by atoms with E-state index in [0.29, 0.717) is 30.6 Å². The third-order valence-electron chi connectivity index (χ3n) is 3.91. The standard InChI is InChI=1S/C20H27N3O2S.HI/c1-16-9-10-18(19(13-16)25-3)14-23-20(21-2)22-11-12-26(24)15-17-7-5-4-6-8-17;/h4-10,13H,11-12,14-15H2,1-3H3,(H2,21,22,23);1H. The largest absolute Gasteiger partial charge is 0.496 e. The highest BCUT2D eigenvalue weighted by atomic mass is 127. The van der Waals surface area contributed by atoms with Crippen molar-refractivity contribution in [3.05, 3.63) is 65.2 Å². The zero-order chi connectivity index (χ0) is 18.8. The molecule has 27 heavy (non-hydrogen) atoms. The van der Waals surface area contributed by atoms with Gasteiger partial charge in [-0.15, -0.1) is 24.0 Å². The van der Waals surface area contributed by atoms with Crippen LogP contribution >= 0.6 is 24.0 Å². The molecule has 0 radical (unpaired) electrons. The SMILES string of the molecule is CN=C(NCCS(=O)Cc1ccccc1)NCc1ccc(C)cc1OC.I. The van der Waals surface area contributed by atoms with Crippen molar-refractivity contribution in [3.63, 3.8) is 0 Å². The maximum Gasteiger partial charge on any atom is 0.191 e. The minimum atomic E-state index is -0.902. The zero-order valence-corrected chi connectivity index (χ0v) is 19.2. The van der Waals surface area contributed by atoms with Crippen LogP contribution in [0.15, 0.2) is 53.5 Å². The summed E-state index contributed by atoms with van der Waals surface area (Å²) in [5, 5.41) is 6.47. The van der Waals surface area contributed by atoms with Crippen LogP contribution < -0.4 is 15.4 Å². The second-order valence-corrected chi connectivity index (χ2v) is 7.52. The Hall–Kier alpha value is -1.61. The van der Waals surface area contributed by atoms with E-state index < -0.39 is 10.8 Å². The van der Waals surface area contributed by atoms with Crippen molar-refractivity contribution in [2.24, 2.45) is 4.99 Å². The van der Waals surface area contributed by atoms with E-state index in [-0.39, 0.29) is 24.0 Å². The molecular weight excluding hydrogens is 473 g/mol. The first-order valence-electron chi connectivity index (χ1n) is 8.59. The van der Waals surface area contributed by atoms with Crippen molar-refractivity contribution in [3.8, 4) is 5.75 Å². The van der Waals surface area contributed by atoms with Gasteiger partial charge in [-0.25, -0.2) is 0 Å². The first kappa shape index (κ1) is 23.4. The third-order valence-corrected chi connectivity index (χ3v) is 5.22. The smallest absolute Gasteiger partial charge is 0.191 e. The molecule has 0 fully saturated rings. The lowest BCUT2D eigenvalue weighted by Crippen LogP contribution is -2.38. The van der Waals surface area contributed by atoms with E-state index in [9.17, 15) is 4.21 Å². The minimum Gasteiger partial charge on any atom is -0.496 e. The van der Waals surface area contributed by atoms with Gasteiger partial charge in [-0.2, -0.15) is 0 Å². The van der Waals surface area contributed by atoms with Gasteiger partial charge in [0.1, 0.15) is 5.75 Å². The maximum atomic E-state index is 12.2. The second-order valence-electron chi connectivity index (χ2n) is 5.94.